The number of nitrogens with zero attached hydrogens (tertiary/aromatic N) is 1. The molecule has 0 rings (SSSR count). The molecule has 0 spiro atoms. The Morgan fingerprint density at radius 1 is 0.800 bits per heavy atom. The maximum Gasteiger partial charge on any atom is 0.460 e. The van der Waals surface area contributed by atoms with Gasteiger partial charge < -0.3 is 9.64 Å². The number of alkyl halides is 9. The van der Waals surface area contributed by atoms with Crippen LogP contribution in [0.15, 0.2) is 0 Å². The first-order valence-corrected chi connectivity index (χ1v) is 7.12. The second-order valence-corrected chi connectivity index (χ2v) is 5.52. The second kappa shape index (κ2) is 8.35. The third-order valence-corrected chi connectivity index (χ3v) is 3.19. The van der Waals surface area contributed by atoms with Gasteiger partial charge in [0.25, 0.3) is 0 Å². The minimum absolute atomic E-state index is 0.0737. The molecular formula is C13H18F9NO2. The molecular weight excluding hydrogens is 373 g/mol. The Labute approximate surface area is 138 Å². The SMILES string of the molecule is CN(C)C(=O)OCCCCCCC(F)(F)C(F)(F)C(F)(F)C(F)(F)F. The highest BCUT2D eigenvalue weighted by atomic mass is 19.4. The molecule has 0 aromatic rings. The van der Waals surface area contributed by atoms with Crippen molar-refractivity contribution in [3.05, 3.63) is 0 Å². The van der Waals surface area contributed by atoms with Gasteiger partial charge in [-0.3, -0.25) is 0 Å². The van der Waals surface area contributed by atoms with E-state index in [9.17, 15) is 44.3 Å². The van der Waals surface area contributed by atoms with Gasteiger partial charge in [0.05, 0.1) is 6.61 Å². The number of rotatable bonds is 9. The van der Waals surface area contributed by atoms with Crippen LogP contribution >= 0.6 is 0 Å². The van der Waals surface area contributed by atoms with Gasteiger partial charge in [-0.25, -0.2) is 4.79 Å². The molecule has 0 atom stereocenters. The van der Waals surface area contributed by atoms with Crippen LogP contribution in [0.4, 0.5) is 44.3 Å². The van der Waals surface area contributed by atoms with Gasteiger partial charge in [0, 0.05) is 20.5 Å². The molecule has 0 aliphatic heterocycles. The van der Waals surface area contributed by atoms with Crippen LogP contribution in [0, 0.1) is 0 Å². The van der Waals surface area contributed by atoms with Crippen molar-refractivity contribution in [3.63, 3.8) is 0 Å². The molecule has 0 aliphatic rings. The summed E-state index contributed by atoms with van der Waals surface area (Å²) in [4.78, 5) is 12.1. The Morgan fingerprint density at radius 3 is 1.72 bits per heavy atom. The third-order valence-electron chi connectivity index (χ3n) is 3.19. The van der Waals surface area contributed by atoms with Gasteiger partial charge in [-0.2, -0.15) is 39.5 Å². The molecule has 0 aliphatic carbocycles. The van der Waals surface area contributed by atoms with Crippen LogP contribution in [0.5, 0.6) is 0 Å². The summed E-state index contributed by atoms with van der Waals surface area (Å²) < 4.78 is 118. The summed E-state index contributed by atoms with van der Waals surface area (Å²) in [5.41, 5.74) is 0. The van der Waals surface area contributed by atoms with Gasteiger partial charge in [-0.05, 0) is 12.8 Å². The van der Waals surface area contributed by atoms with E-state index in [1.807, 2.05) is 0 Å². The van der Waals surface area contributed by atoms with Crippen LogP contribution < -0.4 is 0 Å². The topological polar surface area (TPSA) is 29.5 Å². The maximum atomic E-state index is 13.2. The number of amides is 1. The first-order valence-electron chi connectivity index (χ1n) is 7.12. The largest absolute Gasteiger partial charge is 0.460 e. The first kappa shape index (κ1) is 23.6. The molecule has 0 unspecified atom stereocenters. The minimum atomic E-state index is -6.84. The zero-order valence-electron chi connectivity index (χ0n) is 13.4. The smallest absolute Gasteiger partial charge is 0.449 e. The van der Waals surface area contributed by atoms with Crippen molar-refractivity contribution in [1.29, 1.82) is 0 Å². The van der Waals surface area contributed by atoms with Crippen LogP contribution in [0.25, 0.3) is 0 Å². The zero-order valence-corrected chi connectivity index (χ0v) is 13.4. The number of unbranched alkanes of at least 4 members (excludes halogenated alkanes) is 3. The molecule has 0 saturated heterocycles. The van der Waals surface area contributed by atoms with Crippen LogP contribution in [0.1, 0.15) is 32.1 Å². The molecule has 0 fully saturated rings. The van der Waals surface area contributed by atoms with Gasteiger partial charge in [-0.15, -0.1) is 0 Å². The molecule has 12 heteroatoms. The normalized spacial score (nSPS) is 13.7. The Kier molecular flexibility index (Phi) is 7.89. The summed E-state index contributed by atoms with van der Waals surface area (Å²) in [7, 11) is 2.84. The predicted octanol–water partition coefficient (Wildman–Crippen LogP) is 5.10. The summed E-state index contributed by atoms with van der Waals surface area (Å²) in [5, 5.41) is 0. The number of hydrogen-bond donors (Lipinski definition) is 0. The molecule has 0 aromatic heterocycles. The van der Waals surface area contributed by atoms with Crippen molar-refractivity contribution >= 4 is 6.09 Å². The molecule has 25 heavy (non-hydrogen) atoms. The highest BCUT2D eigenvalue weighted by molar-refractivity contribution is 5.66. The molecule has 0 bridgehead atoms. The van der Waals surface area contributed by atoms with Gasteiger partial charge >= 0.3 is 30.0 Å². The average Bonchev–Trinajstić information content (AvgIpc) is 2.44. The van der Waals surface area contributed by atoms with E-state index in [-0.39, 0.29) is 25.9 Å². The Balaban J connectivity index is 4.39. The summed E-state index contributed by atoms with van der Waals surface area (Å²) in [6.07, 6.45) is -9.78. The lowest BCUT2D eigenvalue weighted by atomic mass is 9.98. The fourth-order valence-electron chi connectivity index (χ4n) is 1.66. The first-order chi connectivity index (χ1) is 11.1. The van der Waals surface area contributed by atoms with Gasteiger partial charge in [0.2, 0.25) is 0 Å². The van der Waals surface area contributed by atoms with Crippen molar-refractivity contribution < 1.29 is 49.0 Å². The molecule has 150 valence electrons. The molecule has 0 heterocycles. The lowest BCUT2D eigenvalue weighted by Crippen LogP contribution is -2.60. The summed E-state index contributed by atoms with van der Waals surface area (Å²) in [5.74, 6) is -18.9. The quantitative estimate of drug-likeness (QED) is 0.404. The van der Waals surface area contributed by atoms with Crippen molar-refractivity contribution in [1.82, 2.24) is 4.90 Å². The monoisotopic (exact) mass is 391 g/mol. The molecule has 1 amide bonds. The lowest BCUT2D eigenvalue weighted by molar-refractivity contribution is -0.396. The van der Waals surface area contributed by atoms with E-state index in [0.29, 0.717) is 0 Å². The van der Waals surface area contributed by atoms with E-state index >= 15 is 0 Å². The van der Waals surface area contributed by atoms with Gasteiger partial charge in [-0.1, -0.05) is 12.8 Å². The fraction of sp³-hybridized carbons (Fsp3) is 0.923. The lowest BCUT2D eigenvalue weighted by Gasteiger charge is -2.33. The molecule has 0 radical (unpaired) electrons. The molecule has 0 saturated carbocycles. The van der Waals surface area contributed by atoms with Crippen molar-refractivity contribution in [2.24, 2.45) is 0 Å². The van der Waals surface area contributed by atoms with E-state index in [1.54, 1.807) is 0 Å². The maximum absolute atomic E-state index is 13.2. The third kappa shape index (κ3) is 5.84. The fourth-order valence-corrected chi connectivity index (χ4v) is 1.66. The van der Waals surface area contributed by atoms with E-state index < -0.39 is 42.9 Å². The number of halogens is 9. The average molecular weight is 391 g/mol. The van der Waals surface area contributed by atoms with Crippen molar-refractivity contribution in [2.75, 3.05) is 20.7 Å². The Hall–Kier alpha value is -1.36. The molecule has 3 nitrogen and oxygen atoms in total. The summed E-state index contributed by atoms with van der Waals surface area (Å²) >= 11 is 0. The van der Waals surface area contributed by atoms with E-state index in [4.69, 9.17) is 0 Å². The van der Waals surface area contributed by atoms with Crippen LogP contribution in [-0.2, 0) is 4.74 Å². The number of carbonyl (C=O) groups excluding carboxylic acids is 1. The molecule has 0 aromatic carbocycles. The Bertz CT molecular complexity index is 436. The predicted molar refractivity (Wildman–Crippen MR) is 69.0 cm³/mol. The minimum Gasteiger partial charge on any atom is -0.449 e. The van der Waals surface area contributed by atoms with E-state index in [2.05, 4.69) is 4.74 Å². The Morgan fingerprint density at radius 2 is 1.28 bits per heavy atom. The number of ether oxygens (including phenoxy) is 1. The highest BCUT2D eigenvalue weighted by Crippen LogP contribution is 2.54. The van der Waals surface area contributed by atoms with Crippen LogP contribution in [-0.4, -0.2) is 55.6 Å². The summed E-state index contributed by atoms with van der Waals surface area (Å²) in [6.45, 7) is -0.0737. The number of hydrogen-bond acceptors (Lipinski definition) is 2. The van der Waals surface area contributed by atoms with E-state index in [0.717, 1.165) is 4.90 Å². The van der Waals surface area contributed by atoms with E-state index in [1.165, 1.54) is 14.1 Å². The van der Waals surface area contributed by atoms with Gasteiger partial charge in [0.1, 0.15) is 0 Å². The summed E-state index contributed by atoms with van der Waals surface area (Å²) in [6, 6.07) is 0. The molecule has 0 N–H and O–H groups in total. The second-order valence-electron chi connectivity index (χ2n) is 5.52. The van der Waals surface area contributed by atoms with Crippen molar-refractivity contribution in [3.8, 4) is 0 Å². The standard InChI is InChI=1S/C13H18F9NO2/c1-23(2)9(24)25-8-6-4-3-5-7-10(14,15)11(16,17)12(18,19)13(20,21)22/h3-8H2,1-2H3. The van der Waals surface area contributed by atoms with Gasteiger partial charge in [0.15, 0.2) is 0 Å². The number of carbonyl (C=O) groups is 1. The van der Waals surface area contributed by atoms with Crippen LogP contribution in [0.2, 0.25) is 0 Å². The highest BCUT2D eigenvalue weighted by Gasteiger charge is 2.81. The van der Waals surface area contributed by atoms with Crippen LogP contribution in [0.3, 0.4) is 0 Å². The zero-order chi connectivity index (χ0) is 20.1. The van der Waals surface area contributed by atoms with Crippen molar-refractivity contribution in [2.45, 2.75) is 56.0 Å².